The molecule has 90 valence electrons. The molecule has 1 aromatic carbocycles. The lowest BCUT2D eigenvalue weighted by Gasteiger charge is -2.26. The second-order valence-corrected chi connectivity index (χ2v) is 3.89. The summed E-state index contributed by atoms with van der Waals surface area (Å²) in [6.45, 7) is 2.42. The summed E-state index contributed by atoms with van der Waals surface area (Å²) in [6.07, 6.45) is 0.147. The zero-order chi connectivity index (χ0) is 12.3. The summed E-state index contributed by atoms with van der Waals surface area (Å²) < 4.78 is 0. The van der Waals surface area contributed by atoms with Gasteiger partial charge in [-0.15, -0.1) is 0 Å². The van der Waals surface area contributed by atoms with Gasteiger partial charge in [0.05, 0.1) is 17.8 Å². The molecule has 1 atom stereocenters. The Balaban J connectivity index is 2.07. The Bertz CT molecular complexity index is 445. The highest BCUT2D eigenvalue weighted by molar-refractivity contribution is 6.04. The molecule has 5 nitrogen and oxygen atoms in total. The van der Waals surface area contributed by atoms with Gasteiger partial charge in [-0.25, -0.2) is 0 Å². The van der Waals surface area contributed by atoms with Crippen molar-refractivity contribution in [3.8, 4) is 0 Å². The quantitative estimate of drug-likeness (QED) is 0.727. The van der Waals surface area contributed by atoms with Crippen LogP contribution in [0.3, 0.4) is 0 Å². The van der Waals surface area contributed by atoms with Crippen molar-refractivity contribution in [2.24, 2.45) is 0 Å². The summed E-state index contributed by atoms with van der Waals surface area (Å²) in [5.41, 5.74) is 1.60. The smallest absolute Gasteiger partial charge is 0.247 e. The molecule has 1 heterocycles. The number of nitrogens with one attached hydrogen (secondary N) is 3. The van der Waals surface area contributed by atoms with Crippen molar-refractivity contribution in [2.75, 3.05) is 17.2 Å². The molecule has 0 fully saturated rings. The standard InChI is InChI=1S/C12H15N3O2/c1-2-13-11(16)7-10-12(17)15-9-6-4-3-5-8(9)14-10/h3-6,10,14H,2,7H2,1H3,(H,13,16)(H,15,17). The van der Waals surface area contributed by atoms with Crippen molar-refractivity contribution in [2.45, 2.75) is 19.4 Å². The maximum atomic E-state index is 11.7. The zero-order valence-electron chi connectivity index (χ0n) is 9.62. The molecule has 1 unspecified atom stereocenters. The second kappa shape index (κ2) is 4.86. The fourth-order valence-electron chi connectivity index (χ4n) is 1.79. The van der Waals surface area contributed by atoms with E-state index in [0.717, 1.165) is 11.4 Å². The van der Waals surface area contributed by atoms with Gasteiger partial charge in [-0.2, -0.15) is 0 Å². The molecule has 0 radical (unpaired) electrons. The number of carbonyl (C=O) groups is 2. The number of para-hydroxylation sites is 2. The number of carbonyl (C=O) groups excluding carboxylic acids is 2. The van der Waals surface area contributed by atoms with Gasteiger partial charge in [0.25, 0.3) is 0 Å². The number of anilines is 2. The molecule has 2 amide bonds. The van der Waals surface area contributed by atoms with Crippen LogP contribution in [-0.2, 0) is 9.59 Å². The Morgan fingerprint density at radius 3 is 2.76 bits per heavy atom. The van der Waals surface area contributed by atoms with Crippen molar-refractivity contribution in [1.29, 1.82) is 0 Å². The van der Waals surface area contributed by atoms with E-state index in [1.807, 2.05) is 31.2 Å². The lowest BCUT2D eigenvalue weighted by atomic mass is 10.1. The highest BCUT2D eigenvalue weighted by atomic mass is 16.2. The minimum absolute atomic E-state index is 0.125. The molecule has 5 heteroatoms. The zero-order valence-corrected chi connectivity index (χ0v) is 9.62. The van der Waals surface area contributed by atoms with E-state index in [9.17, 15) is 9.59 Å². The van der Waals surface area contributed by atoms with Crippen LogP contribution in [0.15, 0.2) is 24.3 Å². The Labute approximate surface area is 99.6 Å². The Morgan fingerprint density at radius 2 is 2.06 bits per heavy atom. The highest BCUT2D eigenvalue weighted by Crippen LogP contribution is 2.26. The molecule has 0 saturated carbocycles. The third kappa shape index (κ3) is 2.55. The summed E-state index contributed by atoms with van der Waals surface area (Å²) in [6, 6.07) is 6.93. The van der Waals surface area contributed by atoms with Gasteiger partial charge in [0, 0.05) is 6.54 Å². The molecule has 1 aromatic rings. The first kappa shape index (κ1) is 11.4. The van der Waals surface area contributed by atoms with Crippen molar-refractivity contribution in [1.82, 2.24) is 5.32 Å². The number of amides is 2. The van der Waals surface area contributed by atoms with Crippen LogP contribution < -0.4 is 16.0 Å². The van der Waals surface area contributed by atoms with E-state index in [1.54, 1.807) is 0 Å². The minimum Gasteiger partial charge on any atom is -0.372 e. The molecule has 3 N–H and O–H groups in total. The molecule has 0 saturated heterocycles. The number of benzene rings is 1. The van der Waals surface area contributed by atoms with Gasteiger partial charge in [-0.1, -0.05) is 12.1 Å². The summed E-state index contributed by atoms with van der Waals surface area (Å²) >= 11 is 0. The first-order chi connectivity index (χ1) is 8.20. The van der Waals surface area contributed by atoms with Gasteiger partial charge in [0.1, 0.15) is 6.04 Å². The van der Waals surface area contributed by atoms with Crippen molar-refractivity contribution < 1.29 is 9.59 Å². The maximum Gasteiger partial charge on any atom is 0.247 e. The molecule has 0 bridgehead atoms. The molecule has 17 heavy (non-hydrogen) atoms. The average Bonchev–Trinajstić information content (AvgIpc) is 2.30. The van der Waals surface area contributed by atoms with E-state index in [1.165, 1.54) is 0 Å². The topological polar surface area (TPSA) is 70.2 Å². The van der Waals surface area contributed by atoms with Gasteiger partial charge >= 0.3 is 0 Å². The third-order valence-electron chi connectivity index (χ3n) is 2.59. The molecule has 1 aliphatic heterocycles. The first-order valence-corrected chi connectivity index (χ1v) is 5.64. The van der Waals surface area contributed by atoms with Crippen LogP contribution in [0.2, 0.25) is 0 Å². The lowest BCUT2D eigenvalue weighted by Crippen LogP contribution is -2.42. The van der Waals surface area contributed by atoms with Crippen molar-refractivity contribution in [3.05, 3.63) is 24.3 Å². The SMILES string of the molecule is CCNC(=O)CC1Nc2ccccc2NC1=O. The second-order valence-electron chi connectivity index (χ2n) is 3.89. The maximum absolute atomic E-state index is 11.7. The Morgan fingerprint density at radius 1 is 1.35 bits per heavy atom. The average molecular weight is 233 g/mol. The molecular formula is C12H15N3O2. The largest absolute Gasteiger partial charge is 0.372 e. The van der Waals surface area contributed by atoms with Crippen LogP contribution in [0.1, 0.15) is 13.3 Å². The number of rotatable bonds is 3. The summed E-state index contributed by atoms with van der Waals surface area (Å²) in [4.78, 5) is 23.2. The van der Waals surface area contributed by atoms with Gasteiger partial charge < -0.3 is 16.0 Å². The molecule has 0 aliphatic carbocycles. The summed E-state index contributed by atoms with van der Waals surface area (Å²) in [5.74, 6) is -0.297. The molecule has 2 rings (SSSR count). The van der Waals surface area contributed by atoms with Crippen LogP contribution in [0.4, 0.5) is 11.4 Å². The van der Waals surface area contributed by atoms with Crippen LogP contribution in [-0.4, -0.2) is 24.4 Å². The molecule has 1 aliphatic rings. The van der Waals surface area contributed by atoms with Gasteiger partial charge in [-0.3, -0.25) is 9.59 Å². The van der Waals surface area contributed by atoms with E-state index in [4.69, 9.17) is 0 Å². The normalized spacial score (nSPS) is 17.7. The van der Waals surface area contributed by atoms with Crippen molar-refractivity contribution >= 4 is 23.2 Å². The molecule has 0 aromatic heterocycles. The summed E-state index contributed by atoms with van der Waals surface area (Å²) in [7, 11) is 0. The predicted octanol–water partition coefficient (Wildman–Crippen LogP) is 0.945. The Kier molecular flexibility index (Phi) is 3.27. The van der Waals surface area contributed by atoms with E-state index >= 15 is 0 Å². The van der Waals surface area contributed by atoms with E-state index < -0.39 is 6.04 Å². The van der Waals surface area contributed by atoms with Crippen LogP contribution in [0.5, 0.6) is 0 Å². The Hall–Kier alpha value is -2.04. The van der Waals surface area contributed by atoms with E-state index in [2.05, 4.69) is 16.0 Å². The molecular weight excluding hydrogens is 218 g/mol. The van der Waals surface area contributed by atoms with E-state index in [0.29, 0.717) is 6.54 Å². The third-order valence-corrected chi connectivity index (χ3v) is 2.59. The molecule has 0 spiro atoms. The van der Waals surface area contributed by atoms with Crippen LogP contribution in [0.25, 0.3) is 0 Å². The van der Waals surface area contributed by atoms with Gasteiger partial charge in [0.15, 0.2) is 0 Å². The van der Waals surface area contributed by atoms with Gasteiger partial charge in [0.2, 0.25) is 11.8 Å². The predicted molar refractivity (Wildman–Crippen MR) is 65.8 cm³/mol. The fourth-order valence-corrected chi connectivity index (χ4v) is 1.79. The number of hydrogen-bond donors (Lipinski definition) is 3. The highest BCUT2D eigenvalue weighted by Gasteiger charge is 2.26. The minimum atomic E-state index is -0.503. The fraction of sp³-hybridized carbons (Fsp3) is 0.333. The van der Waals surface area contributed by atoms with Crippen LogP contribution >= 0.6 is 0 Å². The van der Waals surface area contributed by atoms with E-state index in [-0.39, 0.29) is 18.2 Å². The summed E-state index contributed by atoms with van der Waals surface area (Å²) in [5, 5.41) is 8.52. The first-order valence-electron chi connectivity index (χ1n) is 5.64. The van der Waals surface area contributed by atoms with Gasteiger partial charge in [-0.05, 0) is 19.1 Å². The number of fused-ring (bicyclic) bond motifs is 1. The monoisotopic (exact) mass is 233 g/mol. The number of hydrogen-bond acceptors (Lipinski definition) is 3. The lowest BCUT2D eigenvalue weighted by molar-refractivity contribution is -0.124. The van der Waals surface area contributed by atoms with Crippen molar-refractivity contribution in [3.63, 3.8) is 0 Å². The van der Waals surface area contributed by atoms with Crippen LogP contribution in [0, 0.1) is 0 Å².